The number of rotatable bonds is 1. The predicted octanol–water partition coefficient (Wildman–Crippen LogP) is 3.99. The van der Waals surface area contributed by atoms with Gasteiger partial charge in [0, 0.05) is 26.2 Å². The molecule has 1 saturated heterocycles. The first-order chi connectivity index (χ1) is 17.8. The highest BCUT2D eigenvalue weighted by Gasteiger charge is 2.42. The highest BCUT2D eigenvalue weighted by molar-refractivity contribution is 5.97. The Labute approximate surface area is 215 Å². The van der Waals surface area contributed by atoms with E-state index >= 15 is 0 Å². The second-order valence-corrected chi connectivity index (χ2v) is 9.84. The number of hydrogen-bond acceptors (Lipinski definition) is 4. The number of likely N-dealkylation sites (tertiary alicyclic amines) is 1. The molecule has 1 fully saturated rings. The van der Waals surface area contributed by atoms with Crippen molar-refractivity contribution in [2.24, 2.45) is 5.41 Å². The van der Waals surface area contributed by atoms with Crippen LogP contribution in [0.25, 0.3) is 0 Å². The largest absolute Gasteiger partial charge is 0.493 e. The Bertz CT molecular complexity index is 1140. The molecule has 4 rings (SSSR count). The van der Waals surface area contributed by atoms with Crippen molar-refractivity contribution in [3.63, 3.8) is 0 Å². The Morgan fingerprint density at radius 2 is 1.65 bits per heavy atom. The number of benzene rings is 2. The lowest BCUT2D eigenvalue weighted by Gasteiger charge is -2.41. The van der Waals surface area contributed by atoms with Crippen molar-refractivity contribution in [2.45, 2.75) is 45.4 Å². The van der Waals surface area contributed by atoms with Crippen LogP contribution in [0.2, 0.25) is 0 Å². The summed E-state index contributed by atoms with van der Waals surface area (Å²) >= 11 is 0. The summed E-state index contributed by atoms with van der Waals surface area (Å²) in [6.45, 7) is 3.61. The fourth-order valence-electron chi connectivity index (χ4n) is 5.05. The molecule has 1 spiro atoms. The molecular weight excluding hydrogens is 480 g/mol. The maximum absolute atomic E-state index is 14.2. The van der Waals surface area contributed by atoms with E-state index in [1.54, 1.807) is 6.07 Å². The maximum Gasteiger partial charge on any atom is 0.259 e. The number of nitrogens with one attached hydrogen (secondary N) is 2. The third-order valence-corrected chi connectivity index (χ3v) is 7.28. The molecule has 0 atom stereocenters. The van der Waals surface area contributed by atoms with E-state index in [-0.39, 0.29) is 24.9 Å². The van der Waals surface area contributed by atoms with Crippen LogP contribution in [0.4, 0.5) is 8.78 Å². The molecule has 0 unspecified atom stereocenters. The number of aryl methyl sites for hydroxylation is 1. The van der Waals surface area contributed by atoms with Crippen molar-refractivity contribution in [1.82, 2.24) is 15.5 Å². The van der Waals surface area contributed by atoms with Crippen LogP contribution in [0, 0.1) is 24.0 Å². The Hall–Kier alpha value is -3.49. The molecule has 7 nitrogen and oxygen atoms in total. The number of halogens is 2. The van der Waals surface area contributed by atoms with Crippen LogP contribution in [0.5, 0.6) is 5.75 Å². The number of ether oxygens (including phenoxy) is 1. The number of carbonyl (C=O) groups excluding carboxylic acids is 3. The number of piperidine rings is 1. The van der Waals surface area contributed by atoms with Gasteiger partial charge in [0.15, 0.2) is 0 Å². The molecule has 2 aliphatic rings. The summed E-state index contributed by atoms with van der Waals surface area (Å²) in [5.74, 6) is -2.22. The second kappa shape index (κ2) is 11.7. The second-order valence-electron chi connectivity index (χ2n) is 9.84. The van der Waals surface area contributed by atoms with Gasteiger partial charge in [0.1, 0.15) is 22.9 Å². The van der Waals surface area contributed by atoms with Crippen LogP contribution in [-0.2, 0) is 4.79 Å². The molecule has 9 heteroatoms. The van der Waals surface area contributed by atoms with Gasteiger partial charge < -0.3 is 20.3 Å². The van der Waals surface area contributed by atoms with Crippen LogP contribution < -0.4 is 15.4 Å². The summed E-state index contributed by atoms with van der Waals surface area (Å²) in [6.07, 6.45) is 3.35. The first kappa shape index (κ1) is 26.6. The fourth-order valence-corrected chi connectivity index (χ4v) is 5.05. The van der Waals surface area contributed by atoms with E-state index in [1.807, 2.05) is 19.1 Å². The minimum absolute atomic E-state index is 0.0770. The molecule has 0 aliphatic carbocycles. The molecule has 0 aromatic heterocycles. The summed E-state index contributed by atoms with van der Waals surface area (Å²) in [7, 11) is 0. The first-order valence-electron chi connectivity index (χ1n) is 12.8. The van der Waals surface area contributed by atoms with Crippen molar-refractivity contribution in [3.8, 4) is 5.75 Å². The van der Waals surface area contributed by atoms with E-state index in [0.29, 0.717) is 69.5 Å². The minimum atomic E-state index is -0.890. The zero-order chi connectivity index (χ0) is 26.4. The first-order valence-corrected chi connectivity index (χ1v) is 12.8. The number of nitrogens with zero attached hydrogens (tertiary/aromatic N) is 1. The molecule has 2 heterocycles. The van der Waals surface area contributed by atoms with Gasteiger partial charge in [-0.15, -0.1) is 0 Å². The average molecular weight is 514 g/mol. The zero-order valence-electron chi connectivity index (χ0n) is 21.1. The monoisotopic (exact) mass is 513 g/mol. The van der Waals surface area contributed by atoms with E-state index in [1.165, 1.54) is 11.0 Å². The quantitative estimate of drug-likeness (QED) is 0.604. The standard InChI is InChI=1S/C28H33F2N3O4/c1-19-8-9-20-23(18-19)37-17-5-14-32-27(36)28(10-2-3-13-31-25(20)34)11-15-33(16-12-28)26(35)24-21(29)6-4-7-22(24)30/h4,6-9,18H,2-3,5,10-17H2,1H3,(H,31,34)(H,32,36). The van der Waals surface area contributed by atoms with Crippen molar-refractivity contribution in [1.29, 1.82) is 0 Å². The Morgan fingerprint density at radius 3 is 2.38 bits per heavy atom. The molecule has 37 heavy (non-hydrogen) atoms. The number of hydrogen-bond donors (Lipinski definition) is 2. The third kappa shape index (κ3) is 6.09. The van der Waals surface area contributed by atoms with Crippen LogP contribution in [-0.4, -0.2) is 55.4 Å². The highest BCUT2D eigenvalue weighted by Crippen LogP contribution is 2.38. The SMILES string of the molecule is Cc1ccc2c(c1)OCCCNC(=O)C1(CCCCNC2=O)CCN(C(=O)c2c(F)cccc2F)CC1. The maximum atomic E-state index is 14.2. The van der Waals surface area contributed by atoms with Gasteiger partial charge in [-0.3, -0.25) is 14.4 Å². The molecule has 0 bridgehead atoms. The van der Waals surface area contributed by atoms with Gasteiger partial charge in [-0.2, -0.15) is 0 Å². The van der Waals surface area contributed by atoms with E-state index in [0.717, 1.165) is 17.7 Å². The van der Waals surface area contributed by atoms with Gasteiger partial charge in [0.05, 0.1) is 17.6 Å². The summed E-state index contributed by atoms with van der Waals surface area (Å²) in [5.41, 5.74) is 0.235. The van der Waals surface area contributed by atoms with Gasteiger partial charge >= 0.3 is 0 Å². The Balaban J connectivity index is 1.43. The topological polar surface area (TPSA) is 87.7 Å². The zero-order valence-corrected chi connectivity index (χ0v) is 21.1. The fraction of sp³-hybridized carbons (Fsp3) is 0.464. The molecule has 2 aliphatic heterocycles. The third-order valence-electron chi connectivity index (χ3n) is 7.28. The van der Waals surface area contributed by atoms with Crippen LogP contribution in [0.3, 0.4) is 0 Å². The van der Waals surface area contributed by atoms with E-state index in [9.17, 15) is 23.2 Å². The number of fused-ring (bicyclic) bond motifs is 1. The van der Waals surface area contributed by atoms with Gasteiger partial charge in [0.2, 0.25) is 5.91 Å². The number of amides is 3. The van der Waals surface area contributed by atoms with Crippen molar-refractivity contribution in [3.05, 3.63) is 64.7 Å². The molecule has 2 aromatic rings. The molecule has 0 saturated carbocycles. The van der Waals surface area contributed by atoms with E-state index < -0.39 is 28.5 Å². The van der Waals surface area contributed by atoms with Gasteiger partial charge in [-0.25, -0.2) is 8.78 Å². The van der Waals surface area contributed by atoms with Crippen LogP contribution in [0.1, 0.15) is 64.8 Å². The minimum Gasteiger partial charge on any atom is -0.493 e. The smallest absolute Gasteiger partial charge is 0.259 e. The van der Waals surface area contributed by atoms with E-state index in [2.05, 4.69) is 10.6 Å². The predicted molar refractivity (Wildman–Crippen MR) is 134 cm³/mol. The van der Waals surface area contributed by atoms with Crippen molar-refractivity contribution in [2.75, 3.05) is 32.8 Å². The van der Waals surface area contributed by atoms with Crippen molar-refractivity contribution >= 4 is 17.7 Å². The molecular formula is C28H33F2N3O4. The van der Waals surface area contributed by atoms with E-state index in [4.69, 9.17) is 4.74 Å². The lowest BCUT2D eigenvalue weighted by atomic mass is 9.73. The number of carbonyl (C=O) groups is 3. The molecule has 2 N–H and O–H groups in total. The summed E-state index contributed by atoms with van der Waals surface area (Å²) in [4.78, 5) is 40.3. The molecule has 2 aromatic carbocycles. The summed E-state index contributed by atoms with van der Waals surface area (Å²) in [5, 5.41) is 5.96. The lowest BCUT2D eigenvalue weighted by molar-refractivity contribution is -0.134. The summed E-state index contributed by atoms with van der Waals surface area (Å²) in [6, 6.07) is 8.83. The normalized spacial score (nSPS) is 19.1. The summed E-state index contributed by atoms with van der Waals surface area (Å²) < 4.78 is 34.2. The van der Waals surface area contributed by atoms with Gasteiger partial charge in [-0.05, 0) is 68.9 Å². The van der Waals surface area contributed by atoms with Crippen LogP contribution in [0.15, 0.2) is 36.4 Å². The molecule has 198 valence electrons. The highest BCUT2D eigenvalue weighted by atomic mass is 19.1. The lowest BCUT2D eigenvalue weighted by Crippen LogP contribution is -2.50. The Morgan fingerprint density at radius 1 is 0.946 bits per heavy atom. The Kier molecular flexibility index (Phi) is 8.41. The van der Waals surface area contributed by atoms with Gasteiger partial charge in [-0.1, -0.05) is 18.6 Å². The van der Waals surface area contributed by atoms with Crippen LogP contribution >= 0.6 is 0 Å². The molecule has 3 amide bonds. The van der Waals surface area contributed by atoms with Crippen molar-refractivity contribution < 1.29 is 27.9 Å². The molecule has 0 radical (unpaired) electrons. The van der Waals surface area contributed by atoms with Gasteiger partial charge in [0.25, 0.3) is 11.8 Å². The average Bonchev–Trinajstić information content (AvgIpc) is 2.88.